The van der Waals surface area contributed by atoms with Crippen molar-refractivity contribution in [1.82, 2.24) is 5.32 Å². The summed E-state index contributed by atoms with van der Waals surface area (Å²) in [7, 11) is 0. The molecule has 1 saturated heterocycles. The van der Waals surface area contributed by atoms with Gasteiger partial charge in [-0.05, 0) is 19.8 Å². The number of hydrogen-bond donors (Lipinski definition) is 1. The van der Waals surface area contributed by atoms with Crippen LogP contribution in [0.4, 0.5) is 13.2 Å². The quantitative estimate of drug-likeness (QED) is 0.717. The maximum absolute atomic E-state index is 12.3. The minimum Gasteiger partial charge on any atom is -0.367 e. The Hall–Kier alpha value is -0.290. The van der Waals surface area contributed by atoms with E-state index in [1.807, 2.05) is 13.8 Å². The topological polar surface area (TPSA) is 21.3 Å². The number of hydrogen-bond acceptors (Lipinski definition) is 2. The molecule has 0 radical (unpaired) electrons. The second-order valence-corrected chi connectivity index (χ2v) is 3.95. The van der Waals surface area contributed by atoms with E-state index in [4.69, 9.17) is 4.74 Å². The SMILES string of the molecule is CCC1(C)CCOC(C(F)(F)F)CN1. The van der Waals surface area contributed by atoms with Crippen molar-refractivity contribution in [2.75, 3.05) is 13.2 Å². The van der Waals surface area contributed by atoms with Crippen molar-refractivity contribution in [2.24, 2.45) is 0 Å². The van der Waals surface area contributed by atoms with Gasteiger partial charge in [-0.2, -0.15) is 13.2 Å². The van der Waals surface area contributed by atoms with Crippen LogP contribution >= 0.6 is 0 Å². The molecule has 84 valence electrons. The van der Waals surface area contributed by atoms with E-state index >= 15 is 0 Å². The molecule has 0 spiro atoms. The summed E-state index contributed by atoms with van der Waals surface area (Å²) < 4.78 is 41.7. The van der Waals surface area contributed by atoms with Crippen molar-refractivity contribution in [3.63, 3.8) is 0 Å². The minimum atomic E-state index is -4.26. The summed E-state index contributed by atoms with van der Waals surface area (Å²) in [6.07, 6.45) is -4.49. The normalized spacial score (nSPS) is 35.4. The zero-order valence-electron chi connectivity index (χ0n) is 8.45. The Kier molecular flexibility index (Phi) is 3.42. The molecule has 2 atom stereocenters. The van der Waals surface area contributed by atoms with Gasteiger partial charge in [0.2, 0.25) is 0 Å². The maximum Gasteiger partial charge on any atom is 0.415 e. The number of halogens is 3. The van der Waals surface area contributed by atoms with Crippen molar-refractivity contribution in [3.8, 4) is 0 Å². The lowest BCUT2D eigenvalue weighted by atomic mass is 9.95. The fourth-order valence-corrected chi connectivity index (χ4v) is 1.42. The predicted molar refractivity (Wildman–Crippen MR) is 47.1 cm³/mol. The van der Waals surface area contributed by atoms with E-state index in [0.717, 1.165) is 6.42 Å². The lowest BCUT2D eigenvalue weighted by Gasteiger charge is -2.27. The molecule has 0 saturated carbocycles. The Balaban J connectivity index is 2.57. The van der Waals surface area contributed by atoms with Gasteiger partial charge in [-0.25, -0.2) is 0 Å². The highest BCUT2D eigenvalue weighted by Gasteiger charge is 2.43. The minimum absolute atomic E-state index is 0.145. The van der Waals surface area contributed by atoms with Crippen LogP contribution < -0.4 is 5.32 Å². The first kappa shape index (κ1) is 11.8. The van der Waals surface area contributed by atoms with Gasteiger partial charge in [0.15, 0.2) is 6.10 Å². The van der Waals surface area contributed by atoms with Crippen molar-refractivity contribution >= 4 is 0 Å². The molecule has 5 heteroatoms. The van der Waals surface area contributed by atoms with E-state index in [-0.39, 0.29) is 18.7 Å². The molecule has 1 aliphatic rings. The Bertz CT molecular complexity index is 195. The van der Waals surface area contributed by atoms with Crippen LogP contribution in [0.25, 0.3) is 0 Å². The molecule has 0 bridgehead atoms. The highest BCUT2D eigenvalue weighted by molar-refractivity contribution is 4.87. The molecule has 1 fully saturated rings. The van der Waals surface area contributed by atoms with E-state index in [1.165, 1.54) is 0 Å². The second-order valence-electron chi connectivity index (χ2n) is 3.95. The van der Waals surface area contributed by atoms with Gasteiger partial charge < -0.3 is 10.1 Å². The predicted octanol–water partition coefficient (Wildman–Crippen LogP) is 2.10. The van der Waals surface area contributed by atoms with Crippen LogP contribution in [0.5, 0.6) is 0 Å². The molecular formula is C9H16F3NO. The maximum atomic E-state index is 12.3. The highest BCUT2D eigenvalue weighted by atomic mass is 19.4. The Morgan fingerprint density at radius 3 is 2.64 bits per heavy atom. The van der Waals surface area contributed by atoms with Gasteiger partial charge >= 0.3 is 6.18 Å². The van der Waals surface area contributed by atoms with Crippen LogP contribution in [0.2, 0.25) is 0 Å². The summed E-state index contributed by atoms with van der Waals surface area (Å²) in [6, 6.07) is 0. The summed E-state index contributed by atoms with van der Waals surface area (Å²) in [5.74, 6) is 0. The highest BCUT2D eigenvalue weighted by Crippen LogP contribution is 2.26. The van der Waals surface area contributed by atoms with E-state index in [2.05, 4.69) is 5.32 Å². The fraction of sp³-hybridized carbons (Fsp3) is 1.00. The van der Waals surface area contributed by atoms with Crippen LogP contribution in [0.15, 0.2) is 0 Å². The molecule has 0 aromatic heterocycles. The number of alkyl halides is 3. The monoisotopic (exact) mass is 211 g/mol. The first-order valence-electron chi connectivity index (χ1n) is 4.81. The van der Waals surface area contributed by atoms with Crippen LogP contribution in [-0.4, -0.2) is 31.0 Å². The average Bonchev–Trinajstić information content (AvgIpc) is 2.27. The Morgan fingerprint density at radius 2 is 2.14 bits per heavy atom. The third-order valence-electron chi connectivity index (χ3n) is 2.83. The lowest BCUT2D eigenvalue weighted by Crippen LogP contribution is -2.46. The van der Waals surface area contributed by atoms with E-state index < -0.39 is 12.3 Å². The zero-order valence-corrected chi connectivity index (χ0v) is 8.45. The van der Waals surface area contributed by atoms with Crippen molar-refractivity contribution < 1.29 is 17.9 Å². The summed E-state index contributed by atoms with van der Waals surface area (Å²) in [6.45, 7) is 3.91. The first-order chi connectivity index (χ1) is 6.37. The van der Waals surface area contributed by atoms with Gasteiger partial charge in [-0.15, -0.1) is 0 Å². The third-order valence-corrected chi connectivity index (χ3v) is 2.83. The van der Waals surface area contributed by atoms with Gasteiger partial charge in [0.1, 0.15) is 0 Å². The molecular weight excluding hydrogens is 195 g/mol. The van der Waals surface area contributed by atoms with Crippen LogP contribution in [0.1, 0.15) is 26.7 Å². The molecule has 1 N–H and O–H groups in total. The molecule has 1 rings (SSSR count). The largest absolute Gasteiger partial charge is 0.415 e. The van der Waals surface area contributed by atoms with Crippen LogP contribution in [-0.2, 0) is 4.74 Å². The van der Waals surface area contributed by atoms with Crippen LogP contribution in [0, 0.1) is 0 Å². The van der Waals surface area contributed by atoms with Crippen LogP contribution in [0.3, 0.4) is 0 Å². The van der Waals surface area contributed by atoms with E-state index in [9.17, 15) is 13.2 Å². The Labute approximate surface area is 81.8 Å². The summed E-state index contributed by atoms with van der Waals surface area (Å²) >= 11 is 0. The number of ether oxygens (including phenoxy) is 1. The van der Waals surface area contributed by atoms with Crippen molar-refractivity contribution in [3.05, 3.63) is 0 Å². The fourth-order valence-electron chi connectivity index (χ4n) is 1.42. The smallest absolute Gasteiger partial charge is 0.367 e. The molecule has 0 aliphatic carbocycles. The lowest BCUT2D eigenvalue weighted by molar-refractivity contribution is -0.215. The van der Waals surface area contributed by atoms with Gasteiger partial charge in [-0.1, -0.05) is 6.92 Å². The Morgan fingerprint density at radius 1 is 1.50 bits per heavy atom. The van der Waals surface area contributed by atoms with Gasteiger partial charge in [0.05, 0.1) is 0 Å². The molecule has 1 heterocycles. The standard InChI is InChI=1S/C9H16F3NO/c1-3-8(2)4-5-14-7(6-13-8)9(10,11)12/h7,13H,3-6H2,1-2H3. The van der Waals surface area contributed by atoms with Gasteiger partial charge in [-0.3, -0.25) is 0 Å². The zero-order chi connectivity index (χ0) is 10.8. The van der Waals surface area contributed by atoms with E-state index in [0.29, 0.717) is 6.42 Å². The van der Waals surface area contributed by atoms with Gasteiger partial charge in [0.25, 0.3) is 0 Å². The molecule has 0 aromatic carbocycles. The second kappa shape index (κ2) is 4.06. The summed E-state index contributed by atoms with van der Waals surface area (Å²) in [4.78, 5) is 0. The summed E-state index contributed by atoms with van der Waals surface area (Å²) in [5.41, 5.74) is -0.222. The molecule has 0 aromatic rings. The summed E-state index contributed by atoms with van der Waals surface area (Å²) in [5, 5.41) is 2.92. The van der Waals surface area contributed by atoms with Crippen molar-refractivity contribution in [2.45, 2.75) is 44.5 Å². The average molecular weight is 211 g/mol. The first-order valence-corrected chi connectivity index (χ1v) is 4.81. The molecule has 0 amide bonds. The van der Waals surface area contributed by atoms with Gasteiger partial charge in [0, 0.05) is 18.7 Å². The number of nitrogens with one attached hydrogen (secondary N) is 1. The third kappa shape index (κ3) is 2.85. The van der Waals surface area contributed by atoms with E-state index in [1.54, 1.807) is 0 Å². The molecule has 14 heavy (non-hydrogen) atoms. The molecule has 1 aliphatic heterocycles. The number of rotatable bonds is 1. The van der Waals surface area contributed by atoms with Crippen molar-refractivity contribution in [1.29, 1.82) is 0 Å². The molecule has 2 unspecified atom stereocenters. The molecule has 2 nitrogen and oxygen atoms in total.